The summed E-state index contributed by atoms with van der Waals surface area (Å²) < 4.78 is 13.1. The number of primary amides is 1. The third-order valence-electron chi connectivity index (χ3n) is 4.15. The van der Waals surface area contributed by atoms with E-state index in [1.54, 1.807) is 0 Å². The van der Waals surface area contributed by atoms with Crippen LogP contribution >= 0.6 is 0 Å². The summed E-state index contributed by atoms with van der Waals surface area (Å²) in [6.45, 7) is 6.21. The maximum Gasteiger partial charge on any atom is 0.267 e. The maximum atomic E-state index is 13.1. The van der Waals surface area contributed by atoms with Gasteiger partial charge in [-0.1, -0.05) is 13.8 Å². The number of hydrazone groups is 1. The van der Waals surface area contributed by atoms with Gasteiger partial charge in [-0.2, -0.15) is 5.10 Å². The van der Waals surface area contributed by atoms with E-state index in [4.69, 9.17) is 5.73 Å². The Kier molecular flexibility index (Phi) is 6.12. The lowest BCUT2D eigenvalue weighted by molar-refractivity contribution is -0.119. The smallest absolute Gasteiger partial charge is 0.267 e. The molecule has 2 amide bonds. The summed E-state index contributed by atoms with van der Waals surface area (Å²) in [5.74, 6) is -0.702. The maximum absolute atomic E-state index is 13.1. The molecule has 3 N–H and O–H groups in total. The van der Waals surface area contributed by atoms with Crippen LogP contribution in [0.5, 0.6) is 0 Å². The van der Waals surface area contributed by atoms with Crippen LogP contribution in [0, 0.1) is 11.7 Å². The Hall–Kier alpha value is -2.44. The van der Waals surface area contributed by atoms with E-state index >= 15 is 0 Å². The zero-order valence-electron chi connectivity index (χ0n) is 14.8. The first-order valence-electron chi connectivity index (χ1n) is 8.50. The number of amides is 2. The average Bonchev–Trinajstić information content (AvgIpc) is 2.99. The molecule has 1 aliphatic rings. The van der Waals surface area contributed by atoms with Crippen LogP contribution in [0.1, 0.15) is 40.0 Å². The average molecular weight is 348 g/mol. The van der Waals surface area contributed by atoms with E-state index in [1.165, 1.54) is 29.3 Å². The zero-order chi connectivity index (χ0) is 18.6. The number of nitrogens with zero attached hydrogens (tertiary/aromatic N) is 2. The van der Waals surface area contributed by atoms with Gasteiger partial charge in [-0.3, -0.25) is 14.6 Å². The van der Waals surface area contributed by atoms with Crippen LogP contribution in [0.3, 0.4) is 0 Å². The summed E-state index contributed by atoms with van der Waals surface area (Å²) in [5.41, 5.74) is 6.21. The second-order valence-electron chi connectivity index (χ2n) is 6.84. The van der Waals surface area contributed by atoms with E-state index in [0.29, 0.717) is 11.6 Å². The first-order chi connectivity index (χ1) is 11.8. The molecule has 2 unspecified atom stereocenters. The number of nitrogens with two attached hydrogens (primary N) is 1. The second-order valence-corrected chi connectivity index (χ2v) is 6.84. The van der Waals surface area contributed by atoms with Gasteiger partial charge in [-0.05, 0) is 49.9 Å². The summed E-state index contributed by atoms with van der Waals surface area (Å²) in [4.78, 5) is 24.1. The molecule has 2 rings (SSSR count). The predicted octanol–water partition coefficient (Wildman–Crippen LogP) is 2.19. The highest BCUT2D eigenvalue weighted by Crippen LogP contribution is 2.25. The van der Waals surface area contributed by atoms with Crippen LogP contribution in [-0.2, 0) is 9.59 Å². The van der Waals surface area contributed by atoms with Gasteiger partial charge in [0.1, 0.15) is 17.6 Å². The van der Waals surface area contributed by atoms with Crippen molar-refractivity contribution in [3.05, 3.63) is 30.1 Å². The van der Waals surface area contributed by atoms with Crippen LogP contribution in [0.25, 0.3) is 0 Å². The second kappa shape index (κ2) is 8.09. The van der Waals surface area contributed by atoms with E-state index in [9.17, 15) is 14.0 Å². The van der Waals surface area contributed by atoms with Crippen LogP contribution < -0.4 is 16.1 Å². The fourth-order valence-electron chi connectivity index (χ4n) is 2.66. The summed E-state index contributed by atoms with van der Waals surface area (Å²) in [5, 5.41) is 8.55. The van der Waals surface area contributed by atoms with E-state index in [1.807, 2.05) is 6.92 Å². The molecule has 1 heterocycles. The molecule has 2 atom stereocenters. The molecule has 1 aromatic carbocycles. The quantitative estimate of drug-likeness (QED) is 0.792. The largest absolute Gasteiger partial charge is 0.368 e. The van der Waals surface area contributed by atoms with Crippen LogP contribution in [-0.4, -0.2) is 29.6 Å². The first kappa shape index (κ1) is 18.9. The van der Waals surface area contributed by atoms with Crippen LogP contribution in [0.4, 0.5) is 10.1 Å². The number of hydrogen-bond acceptors (Lipinski definition) is 4. The fraction of sp³-hybridized carbons (Fsp3) is 0.500. The molecule has 0 radical (unpaired) electrons. The Morgan fingerprint density at radius 3 is 2.48 bits per heavy atom. The molecule has 1 aliphatic heterocycles. The van der Waals surface area contributed by atoms with Gasteiger partial charge in [0.25, 0.3) is 5.91 Å². The molecule has 25 heavy (non-hydrogen) atoms. The summed E-state index contributed by atoms with van der Waals surface area (Å²) in [6.07, 6.45) is 2.02. The van der Waals surface area contributed by atoms with E-state index in [-0.39, 0.29) is 29.9 Å². The molecule has 1 aromatic rings. The van der Waals surface area contributed by atoms with Crippen molar-refractivity contribution in [1.29, 1.82) is 0 Å². The number of hydrogen-bond donors (Lipinski definition) is 2. The Balaban J connectivity index is 2.10. The summed E-state index contributed by atoms with van der Waals surface area (Å²) >= 11 is 0. The molecule has 0 spiro atoms. The molecule has 0 saturated heterocycles. The van der Waals surface area contributed by atoms with E-state index in [2.05, 4.69) is 24.3 Å². The van der Waals surface area contributed by atoms with Crippen LogP contribution in [0.15, 0.2) is 29.4 Å². The lowest BCUT2D eigenvalue weighted by Gasteiger charge is -2.20. The van der Waals surface area contributed by atoms with Gasteiger partial charge >= 0.3 is 0 Å². The SMILES string of the molecule is CC(C)CCC(C)NC(=O)C1=NN(c2ccc(F)cc2)C(C(N)=O)C1. The molecular weight excluding hydrogens is 323 g/mol. The van der Waals surface area contributed by atoms with Crippen molar-refractivity contribution in [2.24, 2.45) is 16.8 Å². The van der Waals surface area contributed by atoms with Crippen molar-refractivity contribution < 1.29 is 14.0 Å². The Labute approximate surface area is 147 Å². The van der Waals surface area contributed by atoms with Crippen molar-refractivity contribution in [3.8, 4) is 0 Å². The Morgan fingerprint density at radius 2 is 1.92 bits per heavy atom. The molecule has 6 nitrogen and oxygen atoms in total. The minimum absolute atomic E-state index is 0.0181. The molecule has 0 aromatic heterocycles. The van der Waals surface area contributed by atoms with E-state index < -0.39 is 11.9 Å². The zero-order valence-corrected chi connectivity index (χ0v) is 14.8. The van der Waals surface area contributed by atoms with Gasteiger partial charge in [0, 0.05) is 12.5 Å². The molecule has 0 aliphatic carbocycles. The minimum Gasteiger partial charge on any atom is -0.368 e. The normalized spacial score (nSPS) is 18.2. The standard InChI is InChI=1S/C18H25FN4O2/c1-11(2)4-5-12(3)21-18(25)15-10-16(17(20)24)23(22-15)14-8-6-13(19)7-9-14/h6-9,11-12,16H,4-5,10H2,1-3H3,(H2,20,24)(H,21,25). The molecule has 0 bridgehead atoms. The number of anilines is 1. The van der Waals surface area contributed by atoms with Crippen molar-refractivity contribution in [2.75, 3.05) is 5.01 Å². The fourth-order valence-corrected chi connectivity index (χ4v) is 2.66. The number of rotatable bonds is 7. The summed E-state index contributed by atoms with van der Waals surface area (Å²) in [6, 6.07) is 4.81. The van der Waals surface area contributed by atoms with Crippen molar-refractivity contribution in [1.82, 2.24) is 5.32 Å². The minimum atomic E-state index is -0.753. The van der Waals surface area contributed by atoms with Crippen LogP contribution in [0.2, 0.25) is 0 Å². The topological polar surface area (TPSA) is 87.8 Å². The van der Waals surface area contributed by atoms with E-state index in [0.717, 1.165) is 12.8 Å². The van der Waals surface area contributed by atoms with Gasteiger partial charge in [-0.25, -0.2) is 4.39 Å². The van der Waals surface area contributed by atoms with Gasteiger partial charge in [0.05, 0.1) is 5.69 Å². The Morgan fingerprint density at radius 1 is 1.28 bits per heavy atom. The molecular formula is C18H25FN4O2. The lowest BCUT2D eigenvalue weighted by Crippen LogP contribution is -2.40. The lowest BCUT2D eigenvalue weighted by atomic mass is 10.0. The molecule has 7 heteroatoms. The number of halogens is 1. The van der Waals surface area contributed by atoms with Crippen molar-refractivity contribution in [2.45, 2.75) is 52.1 Å². The number of carbonyl (C=O) groups excluding carboxylic acids is 2. The van der Waals surface area contributed by atoms with Gasteiger partial charge in [0.2, 0.25) is 5.91 Å². The highest BCUT2D eigenvalue weighted by molar-refractivity contribution is 6.40. The highest BCUT2D eigenvalue weighted by atomic mass is 19.1. The molecule has 0 fully saturated rings. The molecule has 136 valence electrons. The van der Waals surface area contributed by atoms with Gasteiger partial charge in [-0.15, -0.1) is 0 Å². The number of benzene rings is 1. The van der Waals surface area contributed by atoms with Crippen molar-refractivity contribution >= 4 is 23.2 Å². The third-order valence-corrected chi connectivity index (χ3v) is 4.15. The molecule has 0 saturated carbocycles. The Bertz CT molecular complexity index is 658. The van der Waals surface area contributed by atoms with Gasteiger partial charge in [0.15, 0.2) is 0 Å². The van der Waals surface area contributed by atoms with Gasteiger partial charge < -0.3 is 11.1 Å². The highest BCUT2D eigenvalue weighted by Gasteiger charge is 2.35. The predicted molar refractivity (Wildman–Crippen MR) is 95.6 cm³/mol. The third kappa shape index (κ3) is 5.01. The number of nitrogens with one attached hydrogen (secondary N) is 1. The number of carbonyl (C=O) groups is 2. The monoisotopic (exact) mass is 348 g/mol. The first-order valence-corrected chi connectivity index (χ1v) is 8.50. The van der Waals surface area contributed by atoms with Crippen molar-refractivity contribution in [3.63, 3.8) is 0 Å². The summed E-state index contributed by atoms with van der Waals surface area (Å²) in [7, 11) is 0.